The Kier molecular flexibility index (Phi) is 8.13. The molecule has 2 aromatic rings. The Labute approximate surface area is 179 Å². The molecule has 0 aliphatic rings. The molecule has 1 N–H and O–H groups in total. The molecule has 0 saturated carbocycles. The summed E-state index contributed by atoms with van der Waals surface area (Å²) in [5.41, 5.74) is 0.199. The van der Waals surface area contributed by atoms with Crippen molar-refractivity contribution < 1.29 is 19.0 Å². The van der Waals surface area contributed by atoms with E-state index in [0.29, 0.717) is 32.4 Å². The van der Waals surface area contributed by atoms with Crippen molar-refractivity contribution in [3.05, 3.63) is 31.6 Å². The van der Waals surface area contributed by atoms with Gasteiger partial charge in [0, 0.05) is 5.56 Å². The maximum Gasteiger partial charge on any atom is 0.344 e. The molecule has 0 unspecified atom stereocenters. The number of H-pyrrole nitrogens is 1. The van der Waals surface area contributed by atoms with E-state index in [4.69, 9.17) is 14.2 Å². The Balaban J connectivity index is 2.54. The van der Waals surface area contributed by atoms with E-state index in [0.717, 1.165) is 0 Å². The molecule has 10 heteroatoms. The van der Waals surface area contributed by atoms with Crippen LogP contribution in [-0.2, 0) is 9.53 Å². The Morgan fingerprint density at radius 2 is 2.07 bits per heavy atom. The first kappa shape index (κ1) is 22.0. The fourth-order valence-electron chi connectivity index (χ4n) is 2.30. The number of aromatic amines is 1. The molecule has 1 aromatic carbocycles. The van der Waals surface area contributed by atoms with Crippen LogP contribution in [0.3, 0.4) is 0 Å². The summed E-state index contributed by atoms with van der Waals surface area (Å²) in [7, 11) is 0. The summed E-state index contributed by atoms with van der Waals surface area (Å²) in [4.78, 5) is 30.7. The maximum atomic E-state index is 12.2. The van der Waals surface area contributed by atoms with Crippen LogP contribution in [0, 0.1) is 14.9 Å². The summed E-state index contributed by atoms with van der Waals surface area (Å²) in [6, 6.07) is 5.26. The molecular weight excluding hydrogens is 497 g/mol. The Bertz CT molecular complexity index is 971. The summed E-state index contributed by atoms with van der Waals surface area (Å²) >= 11 is 3.30. The summed E-state index contributed by atoms with van der Waals surface area (Å²) in [6.45, 7) is 3.89. The SMILES string of the molecule is CCOC(=O)COc1c(I)cc(-c2nc(SC)[nH]c(=O)c2C#N)cc1OCC. The number of nitriles is 1. The van der Waals surface area contributed by atoms with Crippen molar-refractivity contribution in [1.82, 2.24) is 9.97 Å². The van der Waals surface area contributed by atoms with Gasteiger partial charge in [0.25, 0.3) is 5.56 Å². The lowest BCUT2D eigenvalue weighted by Crippen LogP contribution is -2.16. The van der Waals surface area contributed by atoms with E-state index in [1.54, 1.807) is 25.3 Å². The zero-order chi connectivity index (χ0) is 20.7. The first-order valence-corrected chi connectivity index (χ1v) is 10.6. The number of halogens is 1. The third-order valence-corrected chi connectivity index (χ3v) is 4.81. The van der Waals surface area contributed by atoms with Crippen molar-refractivity contribution in [2.24, 2.45) is 0 Å². The van der Waals surface area contributed by atoms with Crippen molar-refractivity contribution >= 4 is 40.3 Å². The van der Waals surface area contributed by atoms with Crippen LogP contribution in [0.4, 0.5) is 0 Å². The third-order valence-electron chi connectivity index (χ3n) is 3.43. The molecule has 0 radical (unpaired) electrons. The molecule has 0 bridgehead atoms. The lowest BCUT2D eigenvalue weighted by molar-refractivity contribution is -0.145. The minimum absolute atomic E-state index is 0.0868. The van der Waals surface area contributed by atoms with Gasteiger partial charge in [-0.1, -0.05) is 11.8 Å². The molecule has 0 amide bonds. The fraction of sp³-hybridized carbons (Fsp3) is 0.333. The molecule has 0 spiro atoms. The number of rotatable bonds is 8. The third kappa shape index (κ3) is 5.17. The number of ether oxygens (including phenoxy) is 3. The van der Waals surface area contributed by atoms with Gasteiger partial charge in [0.15, 0.2) is 23.3 Å². The average Bonchev–Trinajstić information content (AvgIpc) is 2.66. The second-order valence-electron chi connectivity index (χ2n) is 5.22. The molecule has 28 heavy (non-hydrogen) atoms. The number of esters is 1. The summed E-state index contributed by atoms with van der Waals surface area (Å²) in [6.07, 6.45) is 1.77. The zero-order valence-electron chi connectivity index (χ0n) is 15.5. The van der Waals surface area contributed by atoms with Crippen LogP contribution >= 0.6 is 34.4 Å². The minimum Gasteiger partial charge on any atom is -0.490 e. The van der Waals surface area contributed by atoms with Gasteiger partial charge in [-0.15, -0.1) is 0 Å². The molecule has 1 heterocycles. The molecule has 0 fully saturated rings. The molecule has 0 aliphatic heterocycles. The topological polar surface area (TPSA) is 114 Å². The fourth-order valence-corrected chi connectivity index (χ4v) is 3.44. The number of hydrogen-bond acceptors (Lipinski definition) is 8. The second-order valence-corrected chi connectivity index (χ2v) is 7.18. The highest BCUT2D eigenvalue weighted by Gasteiger charge is 2.19. The van der Waals surface area contributed by atoms with Crippen molar-refractivity contribution in [3.8, 4) is 28.8 Å². The monoisotopic (exact) mass is 515 g/mol. The van der Waals surface area contributed by atoms with E-state index in [2.05, 4.69) is 9.97 Å². The molecule has 0 saturated heterocycles. The van der Waals surface area contributed by atoms with Gasteiger partial charge in [-0.2, -0.15) is 5.26 Å². The van der Waals surface area contributed by atoms with Gasteiger partial charge in [-0.3, -0.25) is 4.79 Å². The number of carbonyl (C=O) groups excluding carboxylic acids is 1. The number of nitrogens with zero attached hydrogens (tertiary/aromatic N) is 2. The largest absolute Gasteiger partial charge is 0.490 e. The van der Waals surface area contributed by atoms with Crippen LogP contribution in [0.5, 0.6) is 11.5 Å². The number of carbonyl (C=O) groups is 1. The van der Waals surface area contributed by atoms with Crippen LogP contribution < -0.4 is 15.0 Å². The van der Waals surface area contributed by atoms with E-state index in [1.165, 1.54) is 11.8 Å². The molecule has 0 atom stereocenters. The van der Waals surface area contributed by atoms with Crippen molar-refractivity contribution in [1.29, 1.82) is 5.26 Å². The van der Waals surface area contributed by atoms with Gasteiger partial charge >= 0.3 is 5.97 Å². The van der Waals surface area contributed by atoms with Crippen molar-refractivity contribution in [2.45, 2.75) is 19.0 Å². The van der Waals surface area contributed by atoms with Crippen LogP contribution in [0.2, 0.25) is 0 Å². The number of nitrogens with one attached hydrogen (secondary N) is 1. The van der Waals surface area contributed by atoms with Gasteiger partial charge in [-0.05, 0) is 54.8 Å². The molecule has 8 nitrogen and oxygen atoms in total. The first-order chi connectivity index (χ1) is 13.4. The first-order valence-electron chi connectivity index (χ1n) is 8.28. The Morgan fingerprint density at radius 1 is 1.32 bits per heavy atom. The van der Waals surface area contributed by atoms with E-state index in [1.807, 2.05) is 35.6 Å². The summed E-state index contributed by atoms with van der Waals surface area (Å²) < 4.78 is 16.7. The number of benzene rings is 1. The lowest BCUT2D eigenvalue weighted by Gasteiger charge is -2.15. The standard InChI is InChI=1S/C18H18IN3O5S/c1-4-25-13-7-10(6-12(19)16(13)27-9-14(23)26-5-2)15-11(8-20)17(24)22-18(21-15)28-3/h6-7H,4-5,9H2,1-3H3,(H,21,22,24). The summed E-state index contributed by atoms with van der Waals surface area (Å²) in [5, 5.41) is 9.79. The number of aromatic nitrogens is 2. The number of hydrogen-bond donors (Lipinski definition) is 1. The van der Waals surface area contributed by atoms with Crippen LogP contribution in [0.15, 0.2) is 22.1 Å². The Hall–Kier alpha value is -2.26. The highest BCUT2D eigenvalue weighted by atomic mass is 127. The molecule has 1 aromatic heterocycles. The minimum atomic E-state index is -0.507. The van der Waals surface area contributed by atoms with E-state index in [-0.39, 0.29) is 24.5 Å². The molecule has 2 rings (SSSR count). The van der Waals surface area contributed by atoms with Gasteiger partial charge < -0.3 is 19.2 Å². The molecular formula is C18H18IN3O5S. The van der Waals surface area contributed by atoms with Crippen LogP contribution in [-0.4, -0.2) is 42.0 Å². The normalized spacial score (nSPS) is 10.2. The van der Waals surface area contributed by atoms with E-state index >= 15 is 0 Å². The van der Waals surface area contributed by atoms with E-state index < -0.39 is 11.5 Å². The molecule has 0 aliphatic carbocycles. The zero-order valence-corrected chi connectivity index (χ0v) is 18.5. The molecule has 148 valence electrons. The predicted molar refractivity (Wildman–Crippen MR) is 113 cm³/mol. The highest BCUT2D eigenvalue weighted by Crippen LogP contribution is 2.37. The number of thioether (sulfide) groups is 1. The second kappa shape index (κ2) is 10.3. The van der Waals surface area contributed by atoms with Gasteiger partial charge in [0.05, 0.1) is 22.5 Å². The van der Waals surface area contributed by atoms with Crippen molar-refractivity contribution in [3.63, 3.8) is 0 Å². The van der Waals surface area contributed by atoms with Gasteiger partial charge in [0.1, 0.15) is 11.6 Å². The smallest absolute Gasteiger partial charge is 0.344 e. The van der Waals surface area contributed by atoms with E-state index in [9.17, 15) is 14.9 Å². The maximum absolute atomic E-state index is 12.2. The average molecular weight is 515 g/mol. The van der Waals surface area contributed by atoms with Crippen molar-refractivity contribution in [2.75, 3.05) is 26.1 Å². The quantitative estimate of drug-likeness (QED) is 0.247. The summed E-state index contributed by atoms with van der Waals surface area (Å²) in [5.74, 6) is 0.274. The predicted octanol–water partition coefficient (Wildman–Crippen LogP) is 2.98. The van der Waals surface area contributed by atoms with Crippen LogP contribution in [0.1, 0.15) is 19.4 Å². The van der Waals surface area contributed by atoms with Gasteiger partial charge in [0.2, 0.25) is 0 Å². The highest BCUT2D eigenvalue weighted by molar-refractivity contribution is 14.1. The lowest BCUT2D eigenvalue weighted by atomic mass is 10.1. The Morgan fingerprint density at radius 3 is 2.68 bits per heavy atom. The van der Waals surface area contributed by atoms with Gasteiger partial charge in [-0.25, -0.2) is 9.78 Å². The van der Waals surface area contributed by atoms with Crippen LogP contribution in [0.25, 0.3) is 11.3 Å².